The number of fused-ring (bicyclic) bond motifs is 1. The van der Waals surface area contributed by atoms with E-state index in [2.05, 4.69) is 5.32 Å². The largest absolute Gasteiger partial charge is 0.450 e. The first-order chi connectivity index (χ1) is 12.6. The lowest BCUT2D eigenvalue weighted by Crippen LogP contribution is -2.21. The molecule has 0 fully saturated rings. The average molecular weight is 348 g/mol. The van der Waals surface area contributed by atoms with E-state index in [0.717, 1.165) is 6.07 Å². The van der Waals surface area contributed by atoms with Crippen molar-refractivity contribution >= 4 is 28.5 Å². The number of hydrogen-bond donors (Lipinski definition) is 1. The summed E-state index contributed by atoms with van der Waals surface area (Å²) >= 11 is 0. The Morgan fingerprint density at radius 3 is 2.73 bits per heavy atom. The van der Waals surface area contributed by atoms with Crippen LogP contribution in [0.5, 0.6) is 0 Å². The number of rotatable bonds is 4. The Labute approximate surface area is 147 Å². The van der Waals surface area contributed by atoms with Crippen molar-refractivity contribution in [3.05, 3.63) is 76.1 Å². The highest BCUT2D eigenvalue weighted by molar-refractivity contribution is 5.95. The van der Waals surface area contributed by atoms with Crippen LogP contribution in [0.3, 0.4) is 0 Å². The highest BCUT2D eigenvalue weighted by atomic mass is 16.5. The molecule has 128 valence electrons. The summed E-state index contributed by atoms with van der Waals surface area (Å²) < 4.78 is 10.2. The maximum Gasteiger partial charge on any atom is 0.374 e. The van der Waals surface area contributed by atoms with Crippen LogP contribution in [0.25, 0.3) is 11.0 Å². The Kier molecular flexibility index (Phi) is 4.76. The van der Waals surface area contributed by atoms with Gasteiger partial charge in [0, 0.05) is 11.8 Å². The molecule has 2 aromatic carbocycles. The average Bonchev–Trinajstić information content (AvgIpc) is 2.66. The maximum atomic E-state index is 12.0. The smallest absolute Gasteiger partial charge is 0.374 e. The number of carbonyl (C=O) groups excluding carboxylic acids is 2. The molecule has 1 heterocycles. The number of benzene rings is 2. The van der Waals surface area contributed by atoms with Crippen LogP contribution in [0.2, 0.25) is 0 Å². The minimum atomic E-state index is -0.922. The number of nitrogens with zero attached hydrogens (tertiary/aromatic N) is 1. The lowest BCUT2D eigenvalue weighted by molar-refractivity contribution is -0.119. The Balaban J connectivity index is 1.66. The summed E-state index contributed by atoms with van der Waals surface area (Å²) in [6.45, 7) is -0.563. The third-order valence-electron chi connectivity index (χ3n) is 3.45. The minimum absolute atomic E-state index is 0.254. The quantitative estimate of drug-likeness (QED) is 0.725. The van der Waals surface area contributed by atoms with Crippen molar-refractivity contribution in [2.75, 3.05) is 11.9 Å². The Morgan fingerprint density at radius 1 is 1.12 bits per heavy atom. The van der Waals surface area contributed by atoms with Crippen LogP contribution >= 0.6 is 0 Å². The molecule has 1 amide bonds. The predicted molar refractivity (Wildman–Crippen MR) is 92.6 cm³/mol. The fraction of sp³-hybridized carbons (Fsp3) is 0.0526. The molecule has 0 atom stereocenters. The van der Waals surface area contributed by atoms with Crippen molar-refractivity contribution in [2.24, 2.45) is 0 Å². The first kappa shape index (κ1) is 16.9. The molecule has 0 aliphatic rings. The zero-order valence-corrected chi connectivity index (χ0v) is 13.4. The van der Waals surface area contributed by atoms with E-state index in [-0.39, 0.29) is 16.8 Å². The molecule has 26 heavy (non-hydrogen) atoms. The van der Waals surface area contributed by atoms with Gasteiger partial charge in [-0.2, -0.15) is 5.26 Å². The molecule has 0 aliphatic carbocycles. The molecule has 0 radical (unpaired) electrons. The molecule has 0 saturated carbocycles. The van der Waals surface area contributed by atoms with E-state index < -0.39 is 18.5 Å². The van der Waals surface area contributed by atoms with Gasteiger partial charge < -0.3 is 14.5 Å². The van der Waals surface area contributed by atoms with Crippen LogP contribution in [0, 0.1) is 11.3 Å². The predicted octanol–water partition coefficient (Wildman–Crippen LogP) is 2.46. The van der Waals surface area contributed by atoms with E-state index in [9.17, 15) is 14.4 Å². The van der Waals surface area contributed by atoms with Crippen molar-refractivity contribution in [2.45, 2.75) is 0 Å². The second-order valence-corrected chi connectivity index (χ2v) is 5.29. The molecule has 7 heteroatoms. The summed E-state index contributed by atoms with van der Waals surface area (Å²) in [5.41, 5.74) is 0.668. The molecule has 0 bridgehead atoms. The molecule has 0 spiro atoms. The van der Waals surface area contributed by atoms with Crippen LogP contribution in [0.1, 0.15) is 16.1 Å². The van der Waals surface area contributed by atoms with Gasteiger partial charge in [-0.3, -0.25) is 9.59 Å². The van der Waals surface area contributed by atoms with Gasteiger partial charge in [-0.05, 0) is 30.3 Å². The van der Waals surface area contributed by atoms with Gasteiger partial charge in [-0.15, -0.1) is 0 Å². The van der Waals surface area contributed by atoms with Crippen LogP contribution in [0.4, 0.5) is 5.69 Å². The van der Waals surface area contributed by atoms with E-state index in [0.29, 0.717) is 16.6 Å². The third kappa shape index (κ3) is 3.76. The molecule has 7 nitrogen and oxygen atoms in total. The van der Waals surface area contributed by atoms with Gasteiger partial charge in [0.1, 0.15) is 5.58 Å². The lowest BCUT2D eigenvalue weighted by Gasteiger charge is -2.07. The number of nitrogens with one attached hydrogen (secondary N) is 1. The molecule has 0 aliphatic heterocycles. The van der Waals surface area contributed by atoms with Crippen LogP contribution in [-0.2, 0) is 9.53 Å². The van der Waals surface area contributed by atoms with Gasteiger partial charge in [0.15, 0.2) is 12.0 Å². The van der Waals surface area contributed by atoms with E-state index in [1.54, 1.807) is 42.5 Å². The van der Waals surface area contributed by atoms with Crippen molar-refractivity contribution in [3.63, 3.8) is 0 Å². The second kappa shape index (κ2) is 7.32. The number of amides is 1. The highest BCUT2D eigenvalue weighted by Gasteiger charge is 2.15. The van der Waals surface area contributed by atoms with Crippen molar-refractivity contribution < 1.29 is 18.7 Å². The summed E-state index contributed by atoms with van der Waals surface area (Å²) in [6.07, 6.45) is 0. The molecule has 3 rings (SSSR count). The van der Waals surface area contributed by atoms with Crippen LogP contribution < -0.4 is 10.7 Å². The summed E-state index contributed by atoms with van der Waals surface area (Å²) in [7, 11) is 0. The van der Waals surface area contributed by atoms with E-state index >= 15 is 0 Å². The molecule has 3 aromatic rings. The van der Waals surface area contributed by atoms with Gasteiger partial charge in [0.05, 0.1) is 17.0 Å². The van der Waals surface area contributed by atoms with Gasteiger partial charge in [0.25, 0.3) is 5.91 Å². The first-order valence-corrected chi connectivity index (χ1v) is 7.57. The summed E-state index contributed by atoms with van der Waals surface area (Å²) in [5.74, 6) is -1.79. The Bertz CT molecular complexity index is 1090. The monoisotopic (exact) mass is 348 g/mol. The summed E-state index contributed by atoms with van der Waals surface area (Å²) in [6, 6.07) is 15.8. The second-order valence-electron chi connectivity index (χ2n) is 5.29. The SMILES string of the molecule is N#Cc1cccc(NC(=O)COC(=O)c2cc(=O)c3ccccc3o2)c1. The number of esters is 1. The zero-order valence-electron chi connectivity index (χ0n) is 13.4. The number of nitriles is 1. The van der Waals surface area contributed by atoms with Gasteiger partial charge in [-0.1, -0.05) is 18.2 Å². The first-order valence-electron chi connectivity index (χ1n) is 7.57. The van der Waals surface area contributed by atoms with E-state index in [1.165, 1.54) is 6.07 Å². The highest BCUT2D eigenvalue weighted by Crippen LogP contribution is 2.13. The minimum Gasteiger partial charge on any atom is -0.450 e. The normalized spacial score (nSPS) is 10.1. The molecule has 1 N–H and O–H groups in total. The Morgan fingerprint density at radius 2 is 1.92 bits per heavy atom. The fourth-order valence-corrected chi connectivity index (χ4v) is 2.27. The Hall–Kier alpha value is -3.92. The summed E-state index contributed by atoms with van der Waals surface area (Å²) in [4.78, 5) is 35.9. The summed E-state index contributed by atoms with van der Waals surface area (Å²) in [5, 5.41) is 11.7. The molecular formula is C19H12N2O5. The fourth-order valence-electron chi connectivity index (χ4n) is 2.27. The van der Waals surface area contributed by atoms with Crippen molar-refractivity contribution in [3.8, 4) is 6.07 Å². The molecule has 0 unspecified atom stereocenters. The van der Waals surface area contributed by atoms with Crippen LogP contribution in [0.15, 0.2) is 63.8 Å². The molecule has 1 aromatic heterocycles. The van der Waals surface area contributed by atoms with E-state index in [1.807, 2.05) is 6.07 Å². The van der Waals surface area contributed by atoms with Crippen molar-refractivity contribution in [1.82, 2.24) is 0 Å². The standard InChI is InChI=1S/C19H12N2O5/c20-10-12-4-3-5-13(8-12)21-18(23)11-25-19(24)17-9-15(22)14-6-1-2-7-16(14)26-17/h1-9H,11H2,(H,21,23). The number of ether oxygens (including phenoxy) is 1. The topological polar surface area (TPSA) is 109 Å². The number of hydrogen-bond acceptors (Lipinski definition) is 6. The lowest BCUT2D eigenvalue weighted by atomic mass is 10.2. The zero-order chi connectivity index (χ0) is 18.5. The van der Waals surface area contributed by atoms with Gasteiger partial charge >= 0.3 is 5.97 Å². The number of carbonyl (C=O) groups is 2. The number of anilines is 1. The van der Waals surface area contributed by atoms with E-state index in [4.69, 9.17) is 14.4 Å². The van der Waals surface area contributed by atoms with Crippen LogP contribution in [-0.4, -0.2) is 18.5 Å². The maximum absolute atomic E-state index is 12.0. The van der Waals surface area contributed by atoms with Crippen molar-refractivity contribution in [1.29, 1.82) is 5.26 Å². The van der Waals surface area contributed by atoms with Gasteiger partial charge in [0.2, 0.25) is 5.76 Å². The molecular weight excluding hydrogens is 336 g/mol. The third-order valence-corrected chi connectivity index (χ3v) is 3.45. The molecule has 0 saturated heterocycles. The van der Waals surface area contributed by atoms with Gasteiger partial charge in [-0.25, -0.2) is 4.79 Å². The number of para-hydroxylation sites is 1.